The zero-order valence-electron chi connectivity index (χ0n) is 13.3. The van der Waals surface area contributed by atoms with Crippen LogP contribution in [0.4, 0.5) is 0 Å². The van der Waals surface area contributed by atoms with Crippen molar-refractivity contribution in [3.05, 3.63) is 41.3 Å². The highest BCUT2D eigenvalue weighted by molar-refractivity contribution is 6.29. The number of pyridine rings is 2. The molecule has 24 heavy (non-hydrogen) atoms. The van der Waals surface area contributed by atoms with Crippen molar-refractivity contribution >= 4 is 40.3 Å². The Hall–Kier alpha value is -2.47. The lowest BCUT2D eigenvalue weighted by Crippen LogP contribution is -2.30. The Morgan fingerprint density at radius 3 is 3.04 bits per heavy atom. The number of likely N-dealkylation sites (N-methyl/N-ethyl adjacent to an activating group) is 1. The summed E-state index contributed by atoms with van der Waals surface area (Å²) in [6.45, 7) is 0.560. The van der Waals surface area contributed by atoms with Gasteiger partial charge >= 0.3 is 0 Å². The fraction of sp³-hybridized carbons (Fsp3) is 0.294. The van der Waals surface area contributed by atoms with Crippen LogP contribution in [0.2, 0.25) is 5.15 Å². The Balaban J connectivity index is 1.76. The fourth-order valence-electron chi connectivity index (χ4n) is 2.70. The van der Waals surface area contributed by atoms with Gasteiger partial charge in [-0.15, -0.1) is 0 Å². The molecule has 0 bridgehead atoms. The Kier molecular flexibility index (Phi) is 4.76. The zero-order valence-corrected chi connectivity index (χ0v) is 14.1. The lowest BCUT2D eigenvalue weighted by molar-refractivity contribution is -0.127. The average molecular weight is 344 g/mol. The van der Waals surface area contributed by atoms with E-state index in [1.165, 1.54) is 6.20 Å². The van der Waals surface area contributed by atoms with Crippen LogP contribution in [0.15, 0.2) is 35.6 Å². The first kappa shape index (κ1) is 16.4. The molecule has 0 aliphatic carbocycles. The summed E-state index contributed by atoms with van der Waals surface area (Å²) in [7, 11) is 1.82. The Bertz CT molecular complexity index is 833. The van der Waals surface area contributed by atoms with E-state index < -0.39 is 0 Å². The maximum atomic E-state index is 11.5. The third kappa shape index (κ3) is 3.38. The summed E-state index contributed by atoms with van der Waals surface area (Å²) in [6.07, 6.45) is 6.36. The van der Waals surface area contributed by atoms with E-state index >= 15 is 0 Å². The zero-order chi connectivity index (χ0) is 17.1. The predicted molar refractivity (Wildman–Crippen MR) is 95.9 cm³/mol. The maximum Gasteiger partial charge on any atom is 0.222 e. The Labute approximate surface area is 145 Å². The summed E-state index contributed by atoms with van der Waals surface area (Å²) in [6, 6.07) is 5.56. The van der Waals surface area contributed by atoms with Gasteiger partial charge in [0.25, 0.3) is 0 Å². The van der Waals surface area contributed by atoms with Gasteiger partial charge in [0.2, 0.25) is 5.91 Å². The molecule has 2 aromatic rings. The van der Waals surface area contributed by atoms with E-state index in [9.17, 15) is 4.79 Å². The van der Waals surface area contributed by atoms with E-state index in [-0.39, 0.29) is 11.9 Å². The number of carbonyl (C=O) groups is 1. The molecule has 0 aromatic carbocycles. The van der Waals surface area contributed by atoms with Gasteiger partial charge in [-0.05, 0) is 24.6 Å². The summed E-state index contributed by atoms with van der Waals surface area (Å²) in [5.74, 6) is 0.173. The van der Waals surface area contributed by atoms with Crippen molar-refractivity contribution in [3.8, 4) is 0 Å². The number of hydrogen-bond donors (Lipinski definition) is 1. The molecule has 6 nitrogen and oxygen atoms in total. The van der Waals surface area contributed by atoms with Crippen molar-refractivity contribution in [1.29, 1.82) is 0 Å². The van der Waals surface area contributed by atoms with Crippen LogP contribution < -0.4 is 5.73 Å². The number of rotatable bonds is 4. The normalized spacial score (nSPS) is 18.9. The van der Waals surface area contributed by atoms with Gasteiger partial charge in [-0.2, -0.15) is 0 Å². The van der Waals surface area contributed by atoms with Crippen molar-refractivity contribution in [3.63, 3.8) is 0 Å². The molecule has 0 unspecified atom stereocenters. The molecule has 0 radical (unpaired) electrons. The largest absolute Gasteiger partial charge is 0.404 e. The van der Waals surface area contributed by atoms with E-state index in [2.05, 4.69) is 15.0 Å². The number of nitrogens with zero attached hydrogens (tertiary/aromatic N) is 4. The Morgan fingerprint density at radius 1 is 1.50 bits per heavy atom. The number of carbonyl (C=O) groups excluding carboxylic acids is 1. The summed E-state index contributed by atoms with van der Waals surface area (Å²) < 4.78 is 0. The summed E-state index contributed by atoms with van der Waals surface area (Å²) in [5.41, 5.74) is 8.77. The molecule has 1 fully saturated rings. The molecule has 0 spiro atoms. The lowest BCUT2D eigenvalue weighted by Gasteiger charge is -2.17. The predicted octanol–water partition coefficient (Wildman–Crippen LogP) is 2.27. The highest BCUT2D eigenvalue weighted by atomic mass is 35.5. The number of amides is 1. The van der Waals surface area contributed by atoms with Crippen LogP contribution in [0.25, 0.3) is 16.6 Å². The third-order valence-corrected chi connectivity index (χ3v) is 4.41. The van der Waals surface area contributed by atoms with Crippen LogP contribution in [0, 0.1) is 0 Å². The molecule has 2 N–H and O–H groups in total. The standard InChI is InChI=1S/C17H18ClN5O/c1-23-13(2-5-17(23)24)10-20-8-12(7-19)11-6-15-14(21-9-11)3-4-16(18)22-15/h3-4,6-9,13H,2,5,10,19H2,1H3/t13-/m1/s1. The second kappa shape index (κ2) is 6.97. The van der Waals surface area contributed by atoms with Gasteiger partial charge in [-0.1, -0.05) is 11.6 Å². The van der Waals surface area contributed by atoms with Gasteiger partial charge in [0, 0.05) is 43.2 Å². The number of allylic oxidation sites excluding steroid dienone is 1. The fourth-order valence-corrected chi connectivity index (χ4v) is 2.86. The molecule has 1 atom stereocenters. The lowest BCUT2D eigenvalue weighted by atomic mass is 10.1. The highest BCUT2D eigenvalue weighted by Crippen LogP contribution is 2.19. The van der Waals surface area contributed by atoms with Gasteiger partial charge in [-0.3, -0.25) is 14.8 Å². The van der Waals surface area contributed by atoms with E-state index in [0.29, 0.717) is 23.6 Å². The molecular formula is C17H18ClN5O. The third-order valence-electron chi connectivity index (χ3n) is 4.20. The molecule has 1 saturated heterocycles. The number of fused-ring (bicyclic) bond motifs is 1. The van der Waals surface area contributed by atoms with E-state index in [1.54, 1.807) is 23.4 Å². The van der Waals surface area contributed by atoms with E-state index in [4.69, 9.17) is 17.3 Å². The van der Waals surface area contributed by atoms with Gasteiger partial charge in [0.05, 0.1) is 23.6 Å². The monoisotopic (exact) mass is 343 g/mol. The number of aromatic nitrogens is 2. The van der Waals surface area contributed by atoms with Gasteiger partial charge in [0.1, 0.15) is 5.15 Å². The minimum absolute atomic E-state index is 0.156. The van der Waals surface area contributed by atoms with Gasteiger partial charge < -0.3 is 10.6 Å². The molecule has 0 saturated carbocycles. The topological polar surface area (TPSA) is 84.5 Å². The van der Waals surface area contributed by atoms with Crippen molar-refractivity contribution < 1.29 is 4.79 Å². The number of halogens is 1. The van der Waals surface area contributed by atoms with Gasteiger partial charge in [0.15, 0.2) is 0 Å². The second-order valence-electron chi connectivity index (χ2n) is 5.71. The van der Waals surface area contributed by atoms with E-state index in [0.717, 1.165) is 23.1 Å². The van der Waals surface area contributed by atoms with Gasteiger partial charge in [-0.25, -0.2) is 4.98 Å². The molecule has 7 heteroatoms. The molecular weight excluding hydrogens is 326 g/mol. The summed E-state index contributed by atoms with van der Waals surface area (Å²) in [5, 5.41) is 0.419. The van der Waals surface area contributed by atoms with Crippen LogP contribution in [-0.4, -0.2) is 46.6 Å². The van der Waals surface area contributed by atoms with Crippen LogP contribution in [0.1, 0.15) is 18.4 Å². The first-order chi connectivity index (χ1) is 11.6. The summed E-state index contributed by atoms with van der Waals surface area (Å²) in [4.78, 5) is 26.4. The Morgan fingerprint density at radius 2 is 2.33 bits per heavy atom. The van der Waals surface area contributed by atoms with Crippen LogP contribution >= 0.6 is 11.6 Å². The summed E-state index contributed by atoms with van der Waals surface area (Å²) >= 11 is 5.93. The molecule has 1 aliphatic rings. The smallest absolute Gasteiger partial charge is 0.222 e. The average Bonchev–Trinajstić information content (AvgIpc) is 2.90. The molecule has 3 heterocycles. The quantitative estimate of drug-likeness (QED) is 0.681. The van der Waals surface area contributed by atoms with Crippen molar-refractivity contribution in [2.75, 3.05) is 13.6 Å². The first-order valence-corrected chi connectivity index (χ1v) is 8.06. The van der Waals surface area contributed by atoms with Crippen LogP contribution in [0.5, 0.6) is 0 Å². The van der Waals surface area contributed by atoms with Crippen molar-refractivity contribution in [1.82, 2.24) is 14.9 Å². The SMILES string of the molecule is CN1C(=O)CC[C@@H]1CN=CC(=CN)c1cnc2ccc(Cl)nc2c1. The number of likely N-dealkylation sites (tertiary alicyclic amines) is 1. The number of aliphatic imine (C=N–C) groups is 1. The van der Waals surface area contributed by atoms with E-state index in [1.807, 2.05) is 19.2 Å². The molecule has 1 aliphatic heterocycles. The highest BCUT2D eigenvalue weighted by Gasteiger charge is 2.26. The minimum atomic E-state index is 0.156. The van der Waals surface area contributed by atoms with Crippen molar-refractivity contribution in [2.45, 2.75) is 18.9 Å². The molecule has 3 rings (SSSR count). The number of nitrogens with two attached hydrogens (primary N) is 1. The molecule has 124 valence electrons. The minimum Gasteiger partial charge on any atom is -0.404 e. The first-order valence-electron chi connectivity index (χ1n) is 7.68. The molecule has 1 amide bonds. The van der Waals surface area contributed by atoms with Crippen molar-refractivity contribution in [2.24, 2.45) is 10.7 Å². The van der Waals surface area contributed by atoms with Crippen LogP contribution in [-0.2, 0) is 4.79 Å². The molecule has 2 aromatic heterocycles. The van der Waals surface area contributed by atoms with Crippen LogP contribution in [0.3, 0.4) is 0 Å². The second-order valence-corrected chi connectivity index (χ2v) is 6.10. The maximum absolute atomic E-state index is 11.5. The number of hydrogen-bond acceptors (Lipinski definition) is 5.